The number of anilines is 1. The van der Waals surface area contributed by atoms with Crippen molar-refractivity contribution in [1.29, 1.82) is 0 Å². The van der Waals surface area contributed by atoms with E-state index in [-0.39, 0.29) is 24.1 Å². The van der Waals surface area contributed by atoms with Crippen LogP contribution in [0.5, 0.6) is 0 Å². The number of nitrogens with zero attached hydrogens (tertiary/aromatic N) is 1. The molecule has 0 spiro atoms. The van der Waals surface area contributed by atoms with Gasteiger partial charge >= 0.3 is 0 Å². The number of hydrogen-bond acceptors (Lipinski definition) is 3. The second kappa shape index (κ2) is 6.58. The van der Waals surface area contributed by atoms with Gasteiger partial charge in [-0.05, 0) is 18.2 Å². The summed E-state index contributed by atoms with van der Waals surface area (Å²) in [4.78, 5) is 36.8. The molecule has 21 heavy (non-hydrogen) atoms. The minimum absolute atomic E-state index is 0.0854. The molecule has 3 amide bonds. The highest BCUT2D eigenvalue weighted by molar-refractivity contribution is 6.30. The van der Waals surface area contributed by atoms with Crippen molar-refractivity contribution in [2.45, 2.75) is 19.4 Å². The quantitative estimate of drug-likeness (QED) is 0.875. The van der Waals surface area contributed by atoms with Crippen molar-refractivity contribution in [3.8, 4) is 0 Å². The van der Waals surface area contributed by atoms with E-state index in [0.717, 1.165) is 0 Å². The van der Waals surface area contributed by atoms with Crippen molar-refractivity contribution in [3.63, 3.8) is 0 Å². The zero-order chi connectivity index (χ0) is 15.4. The average molecular weight is 310 g/mol. The first-order valence-corrected chi connectivity index (χ1v) is 6.95. The molecule has 7 heteroatoms. The fraction of sp³-hybridized carbons (Fsp3) is 0.357. The van der Waals surface area contributed by atoms with E-state index < -0.39 is 6.04 Å². The van der Waals surface area contributed by atoms with Crippen molar-refractivity contribution in [2.24, 2.45) is 0 Å². The van der Waals surface area contributed by atoms with Gasteiger partial charge in [-0.1, -0.05) is 17.7 Å². The van der Waals surface area contributed by atoms with Gasteiger partial charge in [0.15, 0.2) is 0 Å². The van der Waals surface area contributed by atoms with E-state index in [0.29, 0.717) is 23.8 Å². The summed E-state index contributed by atoms with van der Waals surface area (Å²) in [7, 11) is 0. The van der Waals surface area contributed by atoms with Crippen molar-refractivity contribution < 1.29 is 14.4 Å². The van der Waals surface area contributed by atoms with Gasteiger partial charge in [-0.2, -0.15) is 0 Å². The average Bonchev–Trinajstić information content (AvgIpc) is 2.40. The van der Waals surface area contributed by atoms with Crippen LogP contribution in [0.25, 0.3) is 0 Å². The molecule has 112 valence electrons. The summed E-state index contributed by atoms with van der Waals surface area (Å²) >= 11 is 5.84. The molecule has 0 aromatic heterocycles. The van der Waals surface area contributed by atoms with Crippen molar-refractivity contribution >= 4 is 35.0 Å². The van der Waals surface area contributed by atoms with Crippen LogP contribution in [0.2, 0.25) is 5.02 Å². The highest BCUT2D eigenvalue weighted by Crippen LogP contribution is 2.16. The fourth-order valence-electron chi connectivity index (χ4n) is 2.25. The van der Waals surface area contributed by atoms with Crippen LogP contribution >= 0.6 is 11.6 Å². The number of carbonyl (C=O) groups excluding carboxylic acids is 3. The molecule has 1 heterocycles. The Labute approximate surface area is 127 Å². The predicted octanol–water partition coefficient (Wildman–Crippen LogP) is 1.02. The number of hydrogen-bond donors (Lipinski definition) is 2. The van der Waals surface area contributed by atoms with E-state index in [9.17, 15) is 14.4 Å². The molecule has 1 atom stereocenters. The molecule has 0 aliphatic carbocycles. The molecular weight excluding hydrogens is 294 g/mol. The Morgan fingerprint density at radius 1 is 1.48 bits per heavy atom. The molecule has 1 aromatic carbocycles. The van der Waals surface area contributed by atoms with Crippen LogP contribution in [0, 0.1) is 0 Å². The smallest absolute Gasteiger partial charge is 0.243 e. The van der Waals surface area contributed by atoms with Crippen LogP contribution in [0.1, 0.15) is 13.3 Å². The minimum atomic E-state index is -0.768. The number of halogens is 1. The molecule has 0 saturated carbocycles. The predicted molar refractivity (Wildman–Crippen MR) is 78.9 cm³/mol. The number of carbonyl (C=O) groups is 3. The molecule has 1 fully saturated rings. The highest BCUT2D eigenvalue weighted by atomic mass is 35.5. The third-order valence-corrected chi connectivity index (χ3v) is 3.46. The van der Waals surface area contributed by atoms with Gasteiger partial charge in [0.1, 0.15) is 6.04 Å². The van der Waals surface area contributed by atoms with Gasteiger partial charge in [0, 0.05) is 30.7 Å². The number of piperazine rings is 1. The molecule has 6 nitrogen and oxygen atoms in total. The van der Waals surface area contributed by atoms with Crippen LogP contribution in [0.4, 0.5) is 5.69 Å². The van der Waals surface area contributed by atoms with E-state index in [1.807, 2.05) is 0 Å². The van der Waals surface area contributed by atoms with Gasteiger partial charge in [-0.25, -0.2) is 0 Å². The molecule has 1 aliphatic heterocycles. The van der Waals surface area contributed by atoms with Crippen molar-refractivity contribution in [3.05, 3.63) is 29.3 Å². The monoisotopic (exact) mass is 309 g/mol. The highest BCUT2D eigenvalue weighted by Gasteiger charge is 2.33. The first-order valence-electron chi connectivity index (χ1n) is 6.57. The maximum Gasteiger partial charge on any atom is 0.243 e. The lowest BCUT2D eigenvalue weighted by Gasteiger charge is -2.33. The summed E-state index contributed by atoms with van der Waals surface area (Å²) < 4.78 is 0. The Morgan fingerprint density at radius 2 is 2.24 bits per heavy atom. The number of amides is 3. The van der Waals surface area contributed by atoms with Crippen molar-refractivity contribution in [2.75, 3.05) is 18.4 Å². The van der Waals surface area contributed by atoms with Crippen molar-refractivity contribution in [1.82, 2.24) is 10.2 Å². The summed E-state index contributed by atoms with van der Waals surface area (Å²) in [5.74, 6) is -0.867. The Hall–Kier alpha value is -2.08. The van der Waals surface area contributed by atoms with Gasteiger partial charge in [-0.3, -0.25) is 14.4 Å². The first-order chi connectivity index (χ1) is 9.97. The molecule has 0 radical (unpaired) electrons. The normalized spacial score (nSPS) is 18.1. The third kappa shape index (κ3) is 3.95. The second-order valence-electron chi connectivity index (χ2n) is 4.78. The molecule has 2 N–H and O–H groups in total. The summed E-state index contributed by atoms with van der Waals surface area (Å²) in [5.41, 5.74) is 0.554. The third-order valence-electron chi connectivity index (χ3n) is 3.22. The number of nitrogens with one attached hydrogen (secondary N) is 2. The van der Waals surface area contributed by atoms with E-state index in [1.165, 1.54) is 11.8 Å². The fourth-order valence-corrected chi connectivity index (χ4v) is 2.44. The largest absolute Gasteiger partial charge is 0.353 e. The summed E-state index contributed by atoms with van der Waals surface area (Å²) in [6.07, 6.45) is -0.0854. The molecule has 0 bridgehead atoms. The Bertz CT molecular complexity index is 576. The van der Waals surface area contributed by atoms with Gasteiger partial charge in [0.2, 0.25) is 17.7 Å². The molecule has 1 saturated heterocycles. The van der Waals surface area contributed by atoms with Crippen LogP contribution in [0.3, 0.4) is 0 Å². The summed E-state index contributed by atoms with van der Waals surface area (Å²) in [5, 5.41) is 5.84. The van der Waals surface area contributed by atoms with Crippen LogP contribution < -0.4 is 10.6 Å². The van der Waals surface area contributed by atoms with E-state index in [1.54, 1.807) is 24.3 Å². The molecular formula is C14H16ClN3O3. The lowest BCUT2D eigenvalue weighted by molar-refractivity contribution is -0.143. The maximum atomic E-state index is 12.0. The Balaban J connectivity index is 2.03. The molecule has 1 aliphatic rings. The standard InChI is InChI=1S/C14H16ClN3O3/c1-9(19)18-6-5-16-14(21)12(18)8-13(20)17-11-4-2-3-10(15)7-11/h2-4,7,12H,5-6,8H2,1H3,(H,16,21)(H,17,20)/t12-/m1/s1. The van der Waals surface area contributed by atoms with Gasteiger partial charge in [-0.15, -0.1) is 0 Å². The SMILES string of the molecule is CC(=O)N1CCNC(=O)[C@H]1CC(=O)Nc1cccc(Cl)c1. The van der Waals surface area contributed by atoms with Crippen LogP contribution in [0.15, 0.2) is 24.3 Å². The Kier molecular flexibility index (Phi) is 4.80. The minimum Gasteiger partial charge on any atom is -0.353 e. The lowest BCUT2D eigenvalue weighted by Crippen LogP contribution is -2.57. The zero-order valence-electron chi connectivity index (χ0n) is 11.6. The number of rotatable bonds is 3. The molecule has 2 rings (SSSR count). The topological polar surface area (TPSA) is 78.5 Å². The summed E-state index contributed by atoms with van der Waals surface area (Å²) in [6.45, 7) is 2.21. The zero-order valence-corrected chi connectivity index (χ0v) is 12.3. The van der Waals surface area contributed by atoms with Crippen LogP contribution in [-0.4, -0.2) is 41.8 Å². The lowest BCUT2D eigenvalue weighted by atomic mass is 10.1. The van der Waals surface area contributed by atoms with Gasteiger partial charge in [0.05, 0.1) is 6.42 Å². The van der Waals surface area contributed by atoms with E-state index in [4.69, 9.17) is 11.6 Å². The van der Waals surface area contributed by atoms with E-state index >= 15 is 0 Å². The Morgan fingerprint density at radius 3 is 2.90 bits per heavy atom. The summed E-state index contributed by atoms with van der Waals surface area (Å²) in [6, 6.07) is 5.96. The van der Waals surface area contributed by atoms with Crippen LogP contribution in [-0.2, 0) is 14.4 Å². The number of benzene rings is 1. The maximum absolute atomic E-state index is 12.0. The first kappa shape index (κ1) is 15.3. The van der Waals surface area contributed by atoms with Gasteiger partial charge < -0.3 is 15.5 Å². The second-order valence-corrected chi connectivity index (χ2v) is 5.22. The van der Waals surface area contributed by atoms with E-state index in [2.05, 4.69) is 10.6 Å². The molecule has 0 unspecified atom stereocenters. The molecule has 1 aromatic rings. The van der Waals surface area contributed by atoms with Gasteiger partial charge in [0.25, 0.3) is 0 Å².